The van der Waals surface area contributed by atoms with Crippen molar-refractivity contribution in [3.8, 4) is 0 Å². The number of aliphatic hydroxyl groups excluding tert-OH is 1. The van der Waals surface area contributed by atoms with E-state index in [1.165, 1.54) is 42.5 Å². The summed E-state index contributed by atoms with van der Waals surface area (Å²) >= 11 is 0. The molecule has 0 aliphatic carbocycles. The summed E-state index contributed by atoms with van der Waals surface area (Å²) in [6.07, 6.45) is 0. The molecule has 34 heavy (non-hydrogen) atoms. The summed E-state index contributed by atoms with van der Waals surface area (Å²) in [6, 6.07) is 13.3. The highest BCUT2D eigenvalue weighted by atomic mass is 19.1. The number of hydrogen-bond donors (Lipinski definition) is 1. The average molecular weight is 463 g/mol. The Morgan fingerprint density at radius 1 is 0.853 bits per heavy atom. The largest absolute Gasteiger partial charge is 0.507 e. The maximum absolute atomic E-state index is 14.8. The molecule has 1 aliphatic heterocycles. The maximum atomic E-state index is 14.8. The van der Waals surface area contributed by atoms with Gasteiger partial charge in [0, 0.05) is 41.1 Å². The van der Waals surface area contributed by atoms with Crippen LogP contribution in [0, 0.1) is 26.0 Å². The van der Waals surface area contributed by atoms with Crippen molar-refractivity contribution in [1.82, 2.24) is 0 Å². The molecule has 170 valence electrons. The molecule has 1 unspecified atom stereocenters. The number of amides is 1. The molecule has 1 aliphatic rings. The van der Waals surface area contributed by atoms with Crippen LogP contribution in [0.4, 0.5) is 21.5 Å². The van der Waals surface area contributed by atoms with E-state index in [4.69, 9.17) is 0 Å². The zero-order valence-corrected chi connectivity index (χ0v) is 17.1. The third kappa shape index (κ3) is 3.75. The molecule has 0 spiro atoms. The van der Waals surface area contributed by atoms with Crippen LogP contribution in [-0.4, -0.2) is 26.6 Å². The Morgan fingerprint density at radius 2 is 1.38 bits per heavy atom. The molecule has 0 saturated carbocycles. The molecule has 11 heteroatoms. The number of anilines is 1. The average Bonchev–Trinajstić information content (AvgIpc) is 3.09. The Bertz CT molecular complexity index is 1370. The van der Waals surface area contributed by atoms with Crippen molar-refractivity contribution in [2.45, 2.75) is 6.04 Å². The molecule has 4 rings (SSSR count). The molecule has 3 aromatic carbocycles. The molecule has 3 aromatic rings. The van der Waals surface area contributed by atoms with Gasteiger partial charge in [0.15, 0.2) is 0 Å². The standard InChI is InChI=1S/C23H14FN3O7/c24-18-4-2-1-3-17(18)20-19(21(28)13-5-7-15(8-6-13)26(31)32)22(29)23(30)25(20)14-9-11-16(12-10-14)27(33)34/h1-12,20,28H/b21-19-. The maximum Gasteiger partial charge on any atom is 0.300 e. The number of rotatable bonds is 5. The molecular formula is C23H14FN3O7. The first kappa shape index (κ1) is 22.3. The number of carbonyl (C=O) groups excluding carboxylic acids is 2. The second kappa shape index (κ2) is 8.54. The summed E-state index contributed by atoms with van der Waals surface area (Å²) in [5.41, 5.74) is -0.953. The first-order valence-electron chi connectivity index (χ1n) is 9.75. The first-order valence-corrected chi connectivity index (χ1v) is 9.75. The number of Topliss-reactive ketones (excluding diaryl/α,β-unsaturated/α-hetero) is 1. The third-order valence-electron chi connectivity index (χ3n) is 5.33. The summed E-state index contributed by atoms with van der Waals surface area (Å²) in [7, 11) is 0. The van der Waals surface area contributed by atoms with Crippen molar-refractivity contribution >= 4 is 34.5 Å². The van der Waals surface area contributed by atoms with Crippen LogP contribution in [0.3, 0.4) is 0 Å². The minimum Gasteiger partial charge on any atom is -0.507 e. The number of halogens is 1. The first-order chi connectivity index (χ1) is 16.2. The van der Waals surface area contributed by atoms with Gasteiger partial charge in [-0.2, -0.15) is 0 Å². The minimum atomic E-state index is -1.39. The lowest BCUT2D eigenvalue weighted by molar-refractivity contribution is -0.385. The highest BCUT2D eigenvalue weighted by Gasteiger charge is 2.47. The van der Waals surface area contributed by atoms with E-state index in [9.17, 15) is 39.3 Å². The Balaban J connectivity index is 1.91. The summed E-state index contributed by atoms with van der Waals surface area (Å²) in [5.74, 6) is -3.59. The van der Waals surface area contributed by atoms with Gasteiger partial charge in [0.2, 0.25) is 0 Å². The van der Waals surface area contributed by atoms with Crippen LogP contribution < -0.4 is 4.90 Å². The lowest BCUT2D eigenvalue weighted by Gasteiger charge is -2.25. The van der Waals surface area contributed by atoms with Crippen LogP contribution >= 0.6 is 0 Å². The number of hydrogen-bond acceptors (Lipinski definition) is 7. The van der Waals surface area contributed by atoms with Crippen LogP contribution in [0.25, 0.3) is 5.76 Å². The fraction of sp³-hybridized carbons (Fsp3) is 0.0435. The van der Waals surface area contributed by atoms with E-state index in [-0.39, 0.29) is 28.2 Å². The molecule has 1 amide bonds. The van der Waals surface area contributed by atoms with Gasteiger partial charge in [-0.05, 0) is 30.3 Å². The van der Waals surface area contributed by atoms with E-state index in [0.29, 0.717) is 0 Å². The summed E-state index contributed by atoms with van der Waals surface area (Å²) in [6.45, 7) is 0. The second-order valence-corrected chi connectivity index (χ2v) is 7.27. The molecule has 1 fully saturated rings. The number of aliphatic hydroxyl groups is 1. The second-order valence-electron chi connectivity index (χ2n) is 7.27. The van der Waals surface area contributed by atoms with Gasteiger partial charge >= 0.3 is 0 Å². The monoisotopic (exact) mass is 463 g/mol. The lowest BCUT2D eigenvalue weighted by Crippen LogP contribution is -2.29. The number of nitro groups is 2. The highest BCUT2D eigenvalue weighted by molar-refractivity contribution is 6.51. The number of nitrogens with zero attached hydrogens (tertiary/aromatic N) is 3. The zero-order chi connectivity index (χ0) is 24.6. The lowest BCUT2D eigenvalue weighted by atomic mass is 9.94. The molecule has 1 heterocycles. The Labute approximate surface area is 190 Å². The molecule has 1 saturated heterocycles. The van der Waals surface area contributed by atoms with Crippen LogP contribution in [0.5, 0.6) is 0 Å². The highest BCUT2D eigenvalue weighted by Crippen LogP contribution is 2.43. The number of benzene rings is 3. The Kier molecular flexibility index (Phi) is 5.60. The third-order valence-corrected chi connectivity index (χ3v) is 5.33. The summed E-state index contributed by atoms with van der Waals surface area (Å²) < 4.78 is 14.8. The molecular weight excluding hydrogens is 449 g/mol. The Hall–Kier alpha value is -4.93. The normalized spacial score (nSPS) is 17.1. The van der Waals surface area contributed by atoms with Gasteiger partial charge in [-0.1, -0.05) is 18.2 Å². The topological polar surface area (TPSA) is 144 Å². The van der Waals surface area contributed by atoms with E-state index in [1.54, 1.807) is 0 Å². The predicted molar refractivity (Wildman–Crippen MR) is 117 cm³/mol. The summed E-state index contributed by atoms with van der Waals surface area (Å²) in [4.78, 5) is 47.6. The van der Waals surface area contributed by atoms with Crippen molar-refractivity contribution in [2.75, 3.05) is 4.90 Å². The summed E-state index contributed by atoms with van der Waals surface area (Å²) in [5, 5.41) is 32.8. The van der Waals surface area contributed by atoms with Gasteiger partial charge in [-0.3, -0.25) is 34.7 Å². The molecule has 0 bridgehead atoms. The predicted octanol–water partition coefficient (Wildman–Crippen LogP) is 4.27. The van der Waals surface area contributed by atoms with Gasteiger partial charge in [0.1, 0.15) is 11.6 Å². The number of carbonyl (C=O) groups is 2. The number of non-ortho nitro benzene ring substituents is 2. The molecule has 1 N–H and O–H groups in total. The van der Waals surface area contributed by atoms with E-state index >= 15 is 0 Å². The van der Waals surface area contributed by atoms with Crippen molar-refractivity contribution < 1.29 is 28.9 Å². The Morgan fingerprint density at radius 3 is 1.91 bits per heavy atom. The van der Waals surface area contributed by atoms with Gasteiger partial charge in [-0.15, -0.1) is 0 Å². The van der Waals surface area contributed by atoms with Gasteiger partial charge < -0.3 is 5.11 Å². The van der Waals surface area contributed by atoms with Gasteiger partial charge in [-0.25, -0.2) is 4.39 Å². The van der Waals surface area contributed by atoms with Crippen LogP contribution in [-0.2, 0) is 9.59 Å². The van der Waals surface area contributed by atoms with E-state index in [1.807, 2.05) is 0 Å². The smallest absolute Gasteiger partial charge is 0.300 e. The van der Waals surface area contributed by atoms with Crippen LogP contribution in [0.1, 0.15) is 17.2 Å². The van der Waals surface area contributed by atoms with Crippen molar-refractivity contribution in [3.05, 3.63) is 116 Å². The fourth-order valence-electron chi connectivity index (χ4n) is 3.72. The molecule has 10 nitrogen and oxygen atoms in total. The van der Waals surface area contributed by atoms with E-state index < -0.39 is 44.7 Å². The fourth-order valence-corrected chi connectivity index (χ4v) is 3.72. The minimum absolute atomic E-state index is 0.00800. The van der Waals surface area contributed by atoms with Crippen molar-refractivity contribution in [1.29, 1.82) is 0 Å². The number of nitro benzene ring substituents is 2. The SMILES string of the molecule is O=C1C(=O)N(c2ccc([N+](=O)[O-])cc2)C(c2ccccc2F)/C1=C(/O)c1ccc([N+](=O)[O-])cc1. The van der Waals surface area contributed by atoms with Gasteiger partial charge in [0.05, 0.1) is 21.5 Å². The van der Waals surface area contributed by atoms with Gasteiger partial charge in [0.25, 0.3) is 23.1 Å². The van der Waals surface area contributed by atoms with Crippen LogP contribution in [0.2, 0.25) is 0 Å². The number of ketones is 1. The van der Waals surface area contributed by atoms with Crippen molar-refractivity contribution in [2.24, 2.45) is 0 Å². The molecule has 1 atom stereocenters. The van der Waals surface area contributed by atoms with Crippen LogP contribution in [0.15, 0.2) is 78.4 Å². The van der Waals surface area contributed by atoms with Crippen molar-refractivity contribution in [3.63, 3.8) is 0 Å². The van der Waals surface area contributed by atoms with E-state index in [2.05, 4.69) is 0 Å². The quantitative estimate of drug-likeness (QED) is 0.196. The zero-order valence-electron chi connectivity index (χ0n) is 17.1. The molecule has 0 aromatic heterocycles. The molecule has 0 radical (unpaired) electrons. The van der Waals surface area contributed by atoms with E-state index in [0.717, 1.165) is 35.2 Å².